The van der Waals surface area contributed by atoms with Crippen LogP contribution in [-0.4, -0.2) is 46.8 Å². The molecular weight excluding hydrogens is 490 g/mol. The number of aromatic nitrogens is 1. The van der Waals surface area contributed by atoms with Crippen LogP contribution in [-0.2, 0) is 22.4 Å². The number of benzene rings is 2. The number of carbonyl (C=O) groups is 2. The van der Waals surface area contributed by atoms with E-state index in [-0.39, 0.29) is 65.6 Å². The van der Waals surface area contributed by atoms with Crippen LogP contribution in [0.2, 0.25) is 0 Å². The van der Waals surface area contributed by atoms with E-state index in [1.54, 1.807) is 6.07 Å². The SMILES string of the molecule is O=C1CC(Cc2ccc(O)cc2O)C(=O)C1C1CCCCC1n1c(O)cc(Cc2ccc(O)cc2O)c1O. The number of nitrogens with zero attached hydrogens (tertiary/aromatic N) is 1. The van der Waals surface area contributed by atoms with Gasteiger partial charge in [-0.25, -0.2) is 0 Å². The molecule has 0 spiro atoms. The Morgan fingerprint density at radius 2 is 1.39 bits per heavy atom. The van der Waals surface area contributed by atoms with E-state index in [9.17, 15) is 40.2 Å². The Balaban J connectivity index is 1.40. The molecule has 6 N–H and O–H groups in total. The molecule has 0 amide bonds. The number of hydrogen-bond donors (Lipinski definition) is 6. The van der Waals surface area contributed by atoms with E-state index < -0.39 is 23.8 Å². The highest BCUT2D eigenvalue weighted by Crippen LogP contribution is 2.48. The molecule has 9 heteroatoms. The molecule has 2 fully saturated rings. The molecule has 4 atom stereocenters. The number of aromatic hydroxyl groups is 6. The van der Waals surface area contributed by atoms with Crippen molar-refractivity contribution in [3.05, 3.63) is 59.2 Å². The average Bonchev–Trinajstić information content (AvgIpc) is 3.30. The minimum absolute atomic E-state index is 0.0576. The second kappa shape index (κ2) is 9.96. The number of phenolic OH excluding ortho intramolecular Hbond substituents is 4. The van der Waals surface area contributed by atoms with Crippen molar-refractivity contribution in [3.8, 4) is 34.8 Å². The second-order valence-electron chi connectivity index (χ2n) is 10.5. The van der Waals surface area contributed by atoms with Gasteiger partial charge in [-0.3, -0.25) is 14.2 Å². The molecule has 9 nitrogen and oxygen atoms in total. The van der Waals surface area contributed by atoms with Gasteiger partial charge in [-0.1, -0.05) is 25.0 Å². The van der Waals surface area contributed by atoms with Gasteiger partial charge in [-0.15, -0.1) is 0 Å². The molecule has 0 saturated heterocycles. The average molecular weight is 522 g/mol. The Morgan fingerprint density at radius 1 is 0.763 bits per heavy atom. The van der Waals surface area contributed by atoms with Gasteiger partial charge >= 0.3 is 0 Å². The summed E-state index contributed by atoms with van der Waals surface area (Å²) < 4.78 is 1.40. The zero-order chi connectivity index (χ0) is 27.1. The van der Waals surface area contributed by atoms with E-state index in [4.69, 9.17) is 0 Å². The van der Waals surface area contributed by atoms with Gasteiger partial charge in [0, 0.05) is 48.6 Å². The molecule has 1 heterocycles. The summed E-state index contributed by atoms with van der Waals surface area (Å²) in [6.07, 6.45) is 3.15. The fraction of sp³-hybridized carbons (Fsp3) is 0.379. The van der Waals surface area contributed by atoms with E-state index in [2.05, 4.69) is 0 Å². The van der Waals surface area contributed by atoms with Crippen molar-refractivity contribution in [1.29, 1.82) is 0 Å². The van der Waals surface area contributed by atoms with Crippen molar-refractivity contribution < 1.29 is 40.2 Å². The Labute approximate surface area is 219 Å². The molecular formula is C29H31NO8. The van der Waals surface area contributed by atoms with E-state index in [0.29, 0.717) is 29.5 Å². The Hall–Kier alpha value is -4.14. The minimum Gasteiger partial charge on any atom is -0.508 e. The molecule has 200 valence electrons. The summed E-state index contributed by atoms with van der Waals surface area (Å²) in [7, 11) is 0. The monoisotopic (exact) mass is 521 g/mol. The molecule has 0 radical (unpaired) electrons. The summed E-state index contributed by atoms with van der Waals surface area (Å²) in [6, 6.07) is 9.28. The molecule has 4 unspecified atom stereocenters. The van der Waals surface area contributed by atoms with Gasteiger partial charge in [0.25, 0.3) is 0 Å². The first-order valence-electron chi connectivity index (χ1n) is 12.8. The zero-order valence-corrected chi connectivity index (χ0v) is 20.7. The topological polar surface area (TPSA) is 160 Å². The highest BCUT2D eigenvalue weighted by atomic mass is 16.3. The van der Waals surface area contributed by atoms with E-state index in [1.807, 2.05) is 0 Å². The lowest BCUT2D eigenvalue weighted by Gasteiger charge is -2.36. The molecule has 3 aromatic rings. The maximum absolute atomic E-state index is 13.5. The first-order valence-corrected chi connectivity index (χ1v) is 12.8. The van der Waals surface area contributed by atoms with Crippen molar-refractivity contribution in [3.63, 3.8) is 0 Å². The zero-order valence-electron chi connectivity index (χ0n) is 20.7. The van der Waals surface area contributed by atoms with Crippen LogP contribution in [0.4, 0.5) is 0 Å². The van der Waals surface area contributed by atoms with Gasteiger partial charge in [0.15, 0.2) is 11.8 Å². The molecule has 2 aliphatic carbocycles. The first-order chi connectivity index (χ1) is 18.1. The number of phenols is 4. The van der Waals surface area contributed by atoms with Crippen molar-refractivity contribution in [2.75, 3.05) is 0 Å². The third kappa shape index (κ3) is 4.64. The molecule has 2 aromatic carbocycles. The van der Waals surface area contributed by atoms with E-state index in [1.165, 1.54) is 41.0 Å². The van der Waals surface area contributed by atoms with Crippen LogP contribution in [0.25, 0.3) is 0 Å². The number of ketones is 2. The number of hydrogen-bond acceptors (Lipinski definition) is 8. The van der Waals surface area contributed by atoms with Crippen LogP contribution in [0.1, 0.15) is 54.8 Å². The summed E-state index contributed by atoms with van der Waals surface area (Å²) in [5, 5.41) is 61.4. The summed E-state index contributed by atoms with van der Waals surface area (Å²) in [5.41, 5.74) is 1.31. The summed E-state index contributed by atoms with van der Waals surface area (Å²) in [4.78, 5) is 26.7. The van der Waals surface area contributed by atoms with Crippen LogP contribution < -0.4 is 0 Å². The molecule has 2 saturated carbocycles. The van der Waals surface area contributed by atoms with Crippen LogP contribution in [0.3, 0.4) is 0 Å². The largest absolute Gasteiger partial charge is 0.508 e. The fourth-order valence-corrected chi connectivity index (χ4v) is 6.26. The van der Waals surface area contributed by atoms with Gasteiger partial charge in [-0.05, 0) is 48.4 Å². The molecule has 1 aromatic heterocycles. The normalized spacial score (nSPS) is 23.7. The minimum atomic E-state index is -0.865. The number of carbonyl (C=O) groups excluding carboxylic acids is 2. The van der Waals surface area contributed by atoms with Crippen molar-refractivity contribution in [1.82, 2.24) is 4.57 Å². The quantitative estimate of drug-likeness (QED) is 0.265. The lowest BCUT2D eigenvalue weighted by atomic mass is 9.74. The first kappa shape index (κ1) is 25.5. The summed E-state index contributed by atoms with van der Waals surface area (Å²) in [5.74, 6) is -3.04. The third-order valence-corrected chi connectivity index (χ3v) is 8.10. The molecule has 5 rings (SSSR count). The summed E-state index contributed by atoms with van der Waals surface area (Å²) in [6.45, 7) is 0. The molecule has 0 bridgehead atoms. The number of Topliss-reactive ketones (excluding diaryl/α,β-unsaturated/α-hetero) is 2. The lowest BCUT2D eigenvalue weighted by molar-refractivity contribution is -0.131. The highest BCUT2D eigenvalue weighted by Gasteiger charge is 2.49. The van der Waals surface area contributed by atoms with Gasteiger partial charge in [0.05, 0.1) is 5.92 Å². The number of rotatable bonds is 6. The van der Waals surface area contributed by atoms with Crippen LogP contribution in [0, 0.1) is 17.8 Å². The maximum Gasteiger partial charge on any atom is 0.197 e. The molecule has 2 aliphatic rings. The standard InChI is InChI=1S/C29H31NO8/c31-19-7-5-15(23(33)13-19)9-17-11-25(35)27(28(17)37)21-3-1-2-4-22(21)30-26(36)12-18(29(30)38)10-16-6-8-20(32)14-24(16)34/h5-8,12-14,17,21-22,27,31-34,36,38H,1-4,9-11H2. The molecule has 38 heavy (non-hydrogen) atoms. The van der Waals surface area contributed by atoms with Gasteiger partial charge in [0.1, 0.15) is 34.6 Å². The Morgan fingerprint density at radius 3 is 2.05 bits per heavy atom. The molecule has 0 aliphatic heterocycles. The predicted octanol–water partition coefficient (Wildman–Crippen LogP) is 4.06. The maximum atomic E-state index is 13.5. The smallest absolute Gasteiger partial charge is 0.197 e. The van der Waals surface area contributed by atoms with Crippen molar-refractivity contribution in [2.45, 2.75) is 51.0 Å². The van der Waals surface area contributed by atoms with Crippen LogP contribution >= 0.6 is 0 Å². The van der Waals surface area contributed by atoms with Gasteiger partial charge in [0.2, 0.25) is 0 Å². The Bertz CT molecular complexity index is 1390. The second-order valence-corrected chi connectivity index (χ2v) is 10.5. The van der Waals surface area contributed by atoms with Gasteiger partial charge in [-0.2, -0.15) is 0 Å². The van der Waals surface area contributed by atoms with E-state index >= 15 is 0 Å². The fourth-order valence-electron chi connectivity index (χ4n) is 6.26. The van der Waals surface area contributed by atoms with Crippen molar-refractivity contribution in [2.24, 2.45) is 17.8 Å². The Kier molecular flexibility index (Phi) is 6.69. The van der Waals surface area contributed by atoms with E-state index in [0.717, 1.165) is 12.8 Å². The third-order valence-electron chi connectivity index (χ3n) is 8.10. The van der Waals surface area contributed by atoms with Crippen LogP contribution in [0.5, 0.6) is 34.8 Å². The lowest BCUT2D eigenvalue weighted by Crippen LogP contribution is -2.35. The predicted molar refractivity (Wildman–Crippen MR) is 136 cm³/mol. The summed E-state index contributed by atoms with van der Waals surface area (Å²) >= 11 is 0. The van der Waals surface area contributed by atoms with Crippen LogP contribution in [0.15, 0.2) is 42.5 Å². The highest BCUT2D eigenvalue weighted by molar-refractivity contribution is 6.10. The van der Waals surface area contributed by atoms with Gasteiger partial charge < -0.3 is 30.6 Å². The van der Waals surface area contributed by atoms with Crippen molar-refractivity contribution >= 4 is 11.6 Å².